The Bertz CT molecular complexity index is 1390. The fraction of sp³-hybridized carbons (Fsp3) is 0.192. The molecule has 6 heteroatoms. The largest absolute Gasteiger partial charge is 0.459 e. The number of carbonyl (C=O) groups excluding carboxylic acids is 3. The summed E-state index contributed by atoms with van der Waals surface area (Å²) in [6.07, 6.45) is 0. The number of amides is 2. The summed E-state index contributed by atoms with van der Waals surface area (Å²) >= 11 is 0. The standard InChI is InChI=1S/C26H22N2O4/c1-26(2,3)32-23(29)15-27-21-11-7-6-8-17(21)20-14-16(12-13-22(20)27)28-24(30)18-9-4-5-10-19(18)25(28)31/h4-14H,15H2,1-3H3. The first kappa shape index (κ1) is 20.0. The third kappa shape index (κ3) is 3.15. The van der Waals surface area contributed by atoms with Gasteiger partial charge in [-0.1, -0.05) is 30.3 Å². The molecule has 4 aromatic rings. The van der Waals surface area contributed by atoms with Crippen molar-refractivity contribution in [2.45, 2.75) is 32.9 Å². The van der Waals surface area contributed by atoms with Crippen molar-refractivity contribution in [3.05, 3.63) is 77.9 Å². The minimum Gasteiger partial charge on any atom is -0.459 e. The summed E-state index contributed by atoms with van der Waals surface area (Å²) in [6.45, 7) is 5.58. The van der Waals surface area contributed by atoms with E-state index in [0.29, 0.717) is 16.8 Å². The average molecular weight is 426 g/mol. The van der Waals surface area contributed by atoms with Crippen LogP contribution in [0.3, 0.4) is 0 Å². The molecule has 0 saturated heterocycles. The monoisotopic (exact) mass is 426 g/mol. The number of benzene rings is 3. The summed E-state index contributed by atoms with van der Waals surface area (Å²) in [7, 11) is 0. The van der Waals surface area contributed by atoms with Crippen molar-refractivity contribution in [2.24, 2.45) is 0 Å². The predicted molar refractivity (Wildman–Crippen MR) is 123 cm³/mol. The molecular weight excluding hydrogens is 404 g/mol. The van der Waals surface area contributed by atoms with E-state index in [0.717, 1.165) is 21.8 Å². The van der Waals surface area contributed by atoms with E-state index in [-0.39, 0.29) is 24.3 Å². The van der Waals surface area contributed by atoms with Crippen LogP contribution >= 0.6 is 0 Å². The first-order chi connectivity index (χ1) is 15.2. The minimum atomic E-state index is -0.575. The summed E-state index contributed by atoms with van der Waals surface area (Å²) in [5.41, 5.74) is 2.46. The Labute approximate surface area is 185 Å². The lowest BCUT2D eigenvalue weighted by Gasteiger charge is -2.20. The number of anilines is 1. The van der Waals surface area contributed by atoms with Gasteiger partial charge in [-0.25, -0.2) is 4.90 Å². The maximum absolute atomic E-state index is 12.9. The molecule has 1 aromatic heterocycles. The van der Waals surface area contributed by atoms with Gasteiger partial charge >= 0.3 is 5.97 Å². The van der Waals surface area contributed by atoms with Crippen molar-refractivity contribution in [3.8, 4) is 0 Å². The number of ether oxygens (including phenoxy) is 1. The number of hydrogen-bond acceptors (Lipinski definition) is 4. The lowest BCUT2D eigenvalue weighted by molar-refractivity contribution is -0.155. The summed E-state index contributed by atoms with van der Waals surface area (Å²) in [6, 6.07) is 20.0. The molecule has 160 valence electrons. The highest BCUT2D eigenvalue weighted by Crippen LogP contribution is 2.35. The van der Waals surface area contributed by atoms with Gasteiger partial charge in [0.1, 0.15) is 12.1 Å². The van der Waals surface area contributed by atoms with E-state index in [1.165, 1.54) is 4.90 Å². The zero-order valence-electron chi connectivity index (χ0n) is 18.1. The van der Waals surface area contributed by atoms with Gasteiger partial charge < -0.3 is 9.30 Å². The number of carbonyl (C=O) groups is 3. The van der Waals surface area contributed by atoms with Crippen molar-refractivity contribution < 1.29 is 19.1 Å². The lowest BCUT2D eigenvalue weighted by atomic mass is 10.1. The van der Waals surface area contributed by atoms with Crippen LogP contribution < -0.4 is 4.90 Å². The summed E-state index contributed by atoms with van der Waals surface area (Å²) in [5, 5.41) is 1.79. The number of aromatic nitrogens is 1. The van der Waals surface area contributed by atoms with Crippen LogP contribution in [0.15, 0.2) is 66.7 Å². The summed E-state index contributed by atoms with van der Waals surface area (Å²) < 4.78 is 7.43. The lowest BCUT2D eigenvalue weighted by Crippen LogP contribution is -2.29. The number of rotatable bonds is 3. The van der Waals surface area contributed by atoms with Crippen LogP contribution in [0.1, 0.15) is 41.5 Å². The number of nitrogens with zero attached hydrogens (tertiary/aromatic N) is 2. The molecule has 0 atom stereocenters. The quantitative estimate of drug-likeness (QED) is 0.344. The highest BCUT2D eigenvalue weighted by atomic mass is 16.6. The van der Waals surface area contributed by atoms with Crippen LogP contribution in [0, 0.1) is 0 Å². The van der Waals surface area contributed by atoms with E-state index in [9.17, 15) is 14.4 Å². The van der Waals surface area contributed by atoms with Gasteiger partial charge in [0.15, 0.2) is 0 Å². The Morgan fingerprint density at radius 3 is 2.06 bits per heavy atom. The van der Waals surface area contributed by atoms with Gasteiger partial charge in [-0.2, -0.15) is 0 Å². The van der Waals surface area contributed by atoms with Crippen LogP contribution in [0.2, 0.25) is 0 Å². The zero-order chi connectivity index (χ0) is 22.6. The van der Waals surface area contributed by atoms with Gasteiger partial charge in [-0.15, -0.1) is 0 Å². The number of imide groups is 1. The normalized spacial score (nSPS) is 13.8. The fourth-order valence-corrected chi connectivity index (χ4v) is 4.28. The highest BCUT2D eigenvalue weighted by Gasteiger charge is 2.36. The number of para-hydroxylation sites is 1. The molecule has 0 saturated carbocycles. The Hall–Kier alpha value is -3.93. The topological polar surface area (TPSA) is 68.6 Å². The molecule has 1 aliphatic heterocycles. The molecular formula is C26H22N2O4. The summed E-state index contributed by atoms with van der Waals surface area (Å²) in [4.78, 5) is 39.6. The second-order valence-electron chi connectivity index (χ2n) is 8.88. The van der Waals surface area contributed by atoms with Crippen molar-refractivity contribution >= 4 is 45.3 Å². The Morgan fingerprint density at radius 2 is 1.41 bits per heavy atom. The first-order valence-corrected chi connectivity index (χ1v) is 10.5. The van der Waals surface area contributed by atoms with Gasteiger partial charge in [-0.3, -0.25) is 14.4 Å². The fourth-order valence-electron chi connectivity index (χ4n) is 4.28. The molecule has 1 aliphatic rings. The maximum atomic E-state index is 12.9. The molecule has 0 aliphatic carbocycles. The van der Waals surface area contributed by atoms with E-state index in [1.54, 1.807) is 30.3 Å². The first-order valence-electron chi connectivity index (χ1n) is 10.5. The molecule has 0 spiro atoms. The van der Waals surface area contributed by atoms with Crippen LogP contribution in [0.25, 0.3) is 21.8 Å². The van der Waals surface area contributed by atoms with Crippen LogP contribution in [-0.2, 0) is 16.1 Å². The van der Waals surface area contributed by atoms with Gasteiger partial charge in [0.2, 0.25) is 0 Å². The Morgan fingerprint density at radius 1 is 0.812 bits per heavy atom. The number of fused-ring (bicyclic) bond motifs is 4. The van der Waals surface area contributed by atoms with Gasteiger partial charge in [0.25, 0.3) is 11.8 Å². The van der Waals surface area contributed by atoms with Crippen molar-refractivity contribution in [3.63, 3.8) is 0 Å². The van der Waals surface area contributed by atoms with Crippen LogP contribution in [0.5, 0.6) is 0 Å². The van der Waals surface area contributed by atoms with E-state index in [4.69, 9.17) is 4.74 Å². The molecule has 6 nitrogen and oxygen atoms in total. The van der Waals surface area contributed by atoms with E-state index in [1.807, 2.05) is 61.7 Å². The second-order valence-corrected chi connectivity index (χ2v) is 8.88. The van der Waals surface area contributed by atoms with Crippen molar-refractivity contribution in [2.75, 3.05) is 4.90 Å². The van der Waals surface area contributed by atoms with Gasteiger partial charge in [0.05, 0.1) is 16.8 Å². The third-order valence-corrected chi connectivity index (χ3v) is 5.52. The molecule has 3 aromatic carbocycles. The molecule has 2 amide bonds. The van der Waals surface area contributed by atoms with Crippen LogP contribution in [-0.4, -0.2) is 28.0 Å². The molecule has 0 radical (unpaired) electrons. The second kappa shape index (κ2) is 7.05. The van der Waals surface area contributed by atoms with Crippen molar-refractivity contribution in [1.82, 2.24) is 4.57 Å². The molecule has 0 fully saturated rings. The number of esters is 1. The van der Waals surface area contributed by atoms with E-state index < -0.39 is 5.60 Å². The molecule has 0 bridgehead atoms. The minimum absolute atomic E-state index is 0.0631. The van der Waals surface area contributed by atoms with Crippen LogP contribution in [0.4, 0.5) is 5.69 Å². The summed E-state index contributed by atoms with van der Waals surface area (Å²) in [5.74, 6) is -0.991. The van der Waals surface area contributed by atoms with Crippen molar-refractivity contribution in [1.29, 1.82) is 0 Å². The molecule has 5 rings (SSSR count). The molecule has 0 unspecified atom stereocenters. The predicted octanol–water partition coefficient (Wildman–Crippen LogP) is 4.94. The van der Waals surface area contributed by atoms with E-state index >= 15 is 0 Å². The van der Waals surface area contributed by atoms with Gasteiger partial charge in [-0.05, 0) is 57.2 Å². The number of hydrogen-bond donors (Lipinski definition) is 0. The molecule has 0 N–H and O–H groups in total. The smallest absolute Gasteiger partial charge is 0.326 e. The maximum Gasteiger partial charge on any atom is 0.326 e. The van der Waals surface area contributed by atoms with E-state index in [2.05, 4.69) is 0 Å². The Kier molecular flexibility index (Phi) is 4.41. The SMILES string of the molecule is CC(C)(C)OC(=O)Cn1c2ccccc2c2cc(N3C(=O)c4ccccc4C3=O)ccc21. The average Bonchev–Trinajstić information content (AvgIpc) is 3.19. The molecule has 32 heavy (non-hydrogen) atoms. The van der Waals surface area contributed by atoms with Gasteiger partial charge in [0, 0.05) is 21.8 Å². The Balaban J connectivity index is 1.62. The third-order valence-electron chi connectivity index (χ3n) is 5.52. The highest BCUT2D eigenvalue weighted by molar-refractivity contribution is 6.34. The zero-order valence-corrected chi connectivity index (χ0v) is 18.1. The molecule has 2 heterocycles.